The molecule has 0 fully saturated rings. The Labute approximate surface area is 115 Å². The molecule has 0 atom stereocenters. The zero-order valence-corrected chi connectivity index (χ0v) is 12.0. The van der Waals surface area contributed by atoms with Crippen LogP contribution in [-0.4, -0.2) is 24.6 Å². The number of aryl methyl sites for hydroxylation is 1. The van der Waals surface area contributed by atoms with Gasteiger partial charge in [0.2, 0.25) is 5.91 Å². The Morgan fingerprint density at radius 3 is 2.47 bits per heavy atom. The van der Waals surface area contributed by atoms with Gasteiger partial charge >= 0.3 is 0 Å². The highest BCUT2D eigenvalue weighted by Gasteiger charge is 2.11. The molecule has 0 radical (unpaired) electrons. The third kappa shape index (κ3) is 6.82. The highest BCUT2D eigenvalue weighted by atomic mass is 16.5. The maximum atomic E-state index is 11.6. The summed E-state index contributed by atoms with van der Waals surface area (Å²) in [5.74, 6) is 0.896. The molecule has 0 saturated carbocycles. The molecule has 0 heterocycles. The van der Waals surface area contributed by atoms with E-state index in [4.69, 9.17) is 10.5 Å². The molecule has 1 amide bonds. The molecular weight excluding hydrogens is 240 g/mol. The molecule has 4 nitrogen and oxygen atoms in total. The van der Waals surface area contributed by atoms with Gasteiger partial charge in [0.1, 0.15) is 5.75 Å². The highest BCUT2D eigenvalue weighted by molar-refractivity contribution is 5.76. The van der Waals surface area contributed by atoms with Crippen LogP contribution < -0.4 is 15.8 Å². The van der Waals surface area contributed by atoms with Crippen molar-refractivity contribution in [3.05, 3.63) is 29.8 Å². The summed E-state index contributed by atoms with van der Waals surface area (Å²) in [5, 5.41) is 2.84. The highest BCUT2D eigenvalue weighted by Crippen LogP contribution is 2.13. The summed E-state index contributed by atoms with van der Waals surface area (Å²) in [4.78, 5) is 11.6. The van der Waals surface area contributed by atoms with Crippen molar-refractivity contribution in [2.45, 2.75) is 39.2 Å². The summed E-state index contributed by atoms with van der Waals surface area (Å²) in [6.45, 7) is 6.89. The van der Waals surface area contributed by atoms with Gasteiger partial charge < -0.3 is 15.8 Å². The Balaban J connectivity index is 2.33. The number of nitrogens with two attached hydrogens (primary N) is 1. The molecule has 0 aliphatic heterocycles. The van der Waals surface area contributed by atoms with E-state index in [0.29, 0.717) is 19.6 Å². The minimum atomic E-state index is -0.366. The van der Waals surface area contributed by atoms with Gasteiger partial charge in [0.15, 0.2) is 0 Å². The average molecular weight is 264 g/mol. The molecule has 0 aliphatic carbocycles. The molecular formula is C15H24N2O2. The number of hydrogen-bond donors (Lipinski definition) is 2. The van der Waals surface area contributed by atoms with Crippen LogP contribution in [0, 0.1) is 0 Å². The predicted molar refractivity (Wildman–Crippen MR) is 77.2 cm³/mol. The quantitative estimate of drug-likeness (QED) is 0.790. The monoisotopic (exact) mass is 264 g/mol. The number of nitrogens with one attached hydrogen (secondary N) is 1. The van der Waals surface area contributed by atoms with Gasteiger partial charge in [-0.2, -0.15) is 0 Å². The van der Waals surface area contributed by atoms with E-state index in [0.717, 1.165) is 17.7 Å². The number of rotatable bonds is 7. The first-order valence-electron chi connectivity index (χ1n) is 6.68. The zero-order chi connectivity index (χ0) is 14.3. The van der Waals surface area contributed by atoms with E-state index in [2.05, 4.69) is 5.32 Å². The molecule has 1 rings (SSSR count). The lowest BCUT2D eigenvalue weighted by Crippen LogP contribution is -2.45. The molecule has 106 valence electrons. The van der Waals surface area contributed by atoms with E-state index in [1.165, 1.54) is 0 Å². The van der Waals surface area contributed by atoms with E-state index in [1.807, 2.05) is 45.0 Å². The van der Waals surface area contributed by atoms with Crippen LogP contribution in [0.5, 0.6) is 5.75 Å². The van der Waals surface area contributed by atoms with Crippen molar-refractivity contribution in [3.8, 4) is 5.75 Å². The maximum Gasteiger partial charge on any atom is 0.220 e. The summed E-state index contributed by atoms with van der Waals surface area (Å²) in [5.41, 5.74) is 6.57. The summed E-state index contributed by atoms with van der Waals surface area (Å²) < 4.78 is 5.37. The molecule has 0 saturated heterocycles. The van der Waals surface area contributed by atoms with Gasteiger partial charge in [-0.3, -0.25) is 4.79 Å². The minimum Gasteiger partial charge on any atom is -0.494 e. The van der Waals surface area contributed by atoms with Crippen molar-refractivity contribution in [2.75, 3.05) is 13.2 Å². The van der Waals surface area contributed by atoms with Gasteiger partial charge in [0.05, 0.1) is 6.61 Å². The van der Waals surface area contributed by atoms with Gasteiger partial charge in [0, 0.05) is 18.5 Å². The maximum absolute atomic E-state index is 11.6. The molecule has 0 aromatic heterocycles. The molecule has 4 heteroatoms. The van der Waals surface area contributed by atoms with Gasteiger partial charge in [-0.05, 0) is 44.9 Å². The lowest BCUT2D eigenvalue weighted by Gasteiger charge is -2.18. The predicted octanol–water partition coefficient (Wildman–Crippen LogP) is 1.87. The summed E-state index contributed by atoms with van der Waals surface area (Å²) in [6, 6.07) is 7.84. The van der Waals surface area contributed by atoms with Crippen LogP contribution in [0.25, 0.3) is 0 Å². The summed E-state index contributed by atoms with van der Waals surface area (Å²) in [7, 11) is 0. The topological polar surface area (TPSA) is 64.3 Å². The third-order valence-corrected chi connectivity index (χ3v) is 2.62. The molecule has 1 aromatic carbocycles. The fourth-order valence-electron chi connectivity index (χ4n) is 1.59. The number of ether oxygens (including phenoxy) is 1. The molecule has 0 aliphatic rings. The van der Waals surface area contributed by atoms with E-state index in [9.17, 15) is 4.79 Å². The van der Waals surface area contributed by atoms with Crippen LogP contribution in [0.15, 0.2) is 24.3 Å². The lowest BCUT2D eigenvalue weighted by molar-refractivity contribution is -0.121. The van der Waals surface area contributed by atoms with E-state index < -0.39 is 0 Å². The number of carbonyl (C=O) groups is 1. The van der Waals surface area contributed by atoms with Crippen LogP contribution >= 0.6 is 0 Å². The van der Waals surface area contributed by atoms with E-state index in [1.54, 1.807) is 0 Å². The Bertz CT molecular complexity index is 394. The lowest BCUT2D eigenvalue weighted by atomic mass is 10.1. The van der Waals surface area contributed by atoms with Crippen molar-refractivity contribution in [1.82, 2.24) is 5.32 Å². The largest absolute Gasteiger partial charge is 0.494 e. The summed E-state index contributed by atoms with van der Waals surface area (Å²) >= 11 is 0. The Kier molecular flexibility index (Phi) is 5.83. The molecule has 0 unspecified atom stereocenters. The van der Waals surface area contributed by atoms with Crippen LogP contribution in [0.4, 0.5) is 0 Å². The number of carbonyl (C=O) groups excluding carboxylic acids is 1. The SMILES string of the molecule is CCOc1ccc(CCC(=O)NCC(C)(C)N)cc1. The molecule has 3 N–H and O–H groups in total. The van der Waals surface area contributed by atoms with Gasteiger partial charge in [-0.25, -0.2) is 0 Å². The van der Waals surface area contributed by atoms with Crippen molar-refractivity contribution >= 4 is 5.91 Å². The molecule has 0 spiro atoms. The van der Waals surface area contributed by atoms with Gasteiger partial charge in [-0.1, -0.05) is 12.1 Å². The van der Waals surface area contributed by atoms with E-state index >= 15 is 0 Å². The second-order valence-corrected chi connectivity index (χ2v) is 5.34. The minimum absolute atomic E-state index is 0.0346. The van der Waals surface area contributed by atoms with E-state index in [-0.39, 0.29) is 11.4 Å². The number of amides is 1. The van der Waals surface area contributed by atoms with Crippen LogP contribution in [0.3, 0.4) is 0 Å². The zero-order valence-electron chi connectivity index (χ0n) is 12.0. The fraction of sp³-hybridized carbons (Fsp3) is 0.533. The first-order chi connectivity index (χ1) is 8.90. The number of hydrogen-bond acceptors (Lipinski definition) is 3. The Morgan fingerprint density at radius 2 is 1.95 bits per heavy atom. The van der Waals surface area contributed by atoms with Gasteiger partial charge in [-0.15, -0.1) is 0 Å². The first-order valence-corrected chi connectivity index (χ1v) is 6.68. The van der Waals surface area contributed by atoms with Crippen molar-refractivity contribution in [3.63, 3.8) is 0 Å². The normalized spacial score (nSPS) is 11.2. The molecule has 19 heavy (non-hydrogen) atoms. The molecule has 0 bridgehead atoms. The van der Waals surface area contributed by atoms with Crippen LogP contribution in [0.1, 0.15) is 32.8 Å². The average Bonchev–Trinajstić information content (AvgIpc) is 2.35. The standard InChI is InChI=1S/C15H24N2O2/c1-4-19-13-8-5-12(6-9-13)7-10-14(18)17-11-15(2,3)16/h5-6,8-9H,4,7,10-11,16H2,1-3H3,(H,17,18). The van der Waals surface area contributed by atoms with Crippen molar-refractivity contribution in [1.29, 1.82) is 0 Å². The van der Waals surface area contributed by atoms with Crippen molar-refractivity contribution in [2.24, 2.45) is 5.73 Å². The number of benzene rings is 1. The second-order valence-electron chi connectivity index (χ2n) is 5.34. The Morgan fingerprint density at radius 1 is 1.32 bits per heavy atom. The van der Waals surface area contributed by atoms with Crippen LogP contribution in [-0.2, 0) is 11.2 Å². The summed E-state index contributed by atoms with van der Waals surface area (Å²) in [6.07, 6.45) is 1.20. The second kappa shape index (κ2) is 7.14. The van der Waals surface area contributed by atoms with Gasteiger partial charge in [0.25, 0.3) is 0 Å². The van der Waals surface area contributed by atoms with Crippen molar-refractivity contribution < 1.29 is 9.53 Å². The molecule has 1 aromatic rings. The Hall–Kier alpha value is -1.55. The fourth-order valence-corrected chi connectivity index (χ4v) is 1.59. The smallest absolute Gasteiger partial charge is 0.220 e. The third-order valence-electron chi connectivity index (χ3n) is 2.62. The van der Waals surface area contributed by atoms with Crippen LogP contribution in [0.2, 0.25) is 0 Å². The first kappa shape index (κ1) is 15.5.